The molecule has 254 valence electrons. The number of nitrogens with one attached hydrogen (secondary N) is 2. The molecule has 5 rings (SSSR count). The van der Waals surface area contributed by atoms with Crippen LogP contribution in [0.4, 0.5) is 4.39 Å². The number of benzene rings is 3. The molecule has 4 N–H and O–H groups in total. The van der Waals surface area contributed by atoms with Gasteiger partial charge in [0.25, 0.3) is 5.91 Å². The Bertz CT molecular complexity index is 1700. The number of carbonyl (C=O) groups is 5. The van der Waals surface area contributed by atoms with E-state index in [-0.39, 0.29) is 75.2 Å². The van der Waals surface area contributed by atoms with Gasteiger partial charge in [-0.3, -0.25) is 24.0 Å². The Morgan fingerprint density at radius 3 is 2.58 bits per heavy atom. The van der Waals surface area contributed by atoms with E-state index in [1.807, 2.05) is 42.5 Å². The zero-order chi connectivity index (χ0) is 34.4. The molecule has 2 heterocycles. The van der Waals surface area contributed by atoms with Crippen molar-refractivity contribution in [3.05, 3.63) is 77.6 Å². The average molecular weight is 661 g/mol. The minimum absolute atomic E-state index is 0.0430. The molecule has 3 aromatic rings. The van der Waals surface area contributed by atoms with Crippen molar-refractivity contribution in [2.24, 2.45) is 5.73 Å². The van der Waals surface area contributed by atoms with E-state index in [0.717, 1.165) is 33.4 Å². The van der Waals surface area contributed by atoms with Crippen LogP contribution >= 0.6 is 0 Å². The van der Waals surface area contributed by atoms with Crippen molar-refractivity contribution in [3.63, 3.8) is 0 Å². The van der Waals surface area contributed by atoms with Crippen molar-refractivity contribution in [1.29, 1.82) is 0 Å². The third-order valence-electron chi connectivity index (χ3n) is 8.90. The topological polar surface area (TPSA) is 154 Å². The highest BCUT2D eigenvalue weighted by Crippen LogP contribution is 2.27. The quantitative estimate of drug-likeness (QED) is 0.362. The number of amides is 5. The van der Waals surface area contributed by atoms with Crippen LogP contribution in [0.15, 0.2) is 60.7 Å². The molecule has 13 heteroatoms. The highest BCUT2D eigenvalue weighted by molar-refractivity contribution is 6.00. The summed E-state index contributed by atoms with van der Waals surface area (Å²) in [6.45, 7) is 0.239. The van der Waals surface area contributed by atoms with Crippen LogP contribution in [0.3, 0.4) is 0 Å². The normalized spacial score (nSPS) is 20.8. The second-order valence-electron chi connectivity index (χ2n) is 12.3. The summed E-state index contributed by atoms with van der Waals surface area (Å²) in [6, 6.07) is 15.2. The van der Waals surface area contributed by atoms with E-state index in [9.17, 15) is 28.4 Å². The zero-order valence-electron chi connectivity index (χ0n) is 27.1. The van der Waals surface area contributed by atoms with Gasteiger partial charge in [-0.2, -0.15) is 0 Å². The van der Waals surface area contributed by atoms with Crippen LogP contribution in [0.5, 0.6) is 5.75 Å². The first-order valence-electron chi connectivity index (χ1n) is 16.0. The molecule has 3 aromatic carbocycles. The molecule has 5 amide bonds. The van der Waals surface area contributed by atoms with Gasteiger partial charge < -0.3 is 35.8 Å². The van der Waals surface area contributed by atoms with E-state index >= 15 is 0 Å². The molecule has 2 aliphatic rings. The SMILES string of the molecule is CN1CC(=O)N2C[C@@H](NC(=O)Cc3cccc4ccccc34)C[C@H]2COc2ccc(F)cc2C(=O)N(C)[C@@H](C(=O)NCCN)CCC1=O. The number of rotatable bonds is 6. The number of likely N-dealkylation sites (N-methyl/N-ethyl adjacent to an activating group) is 2. The van der Waals surface area contributed by atoms with Crippen LogP contribution in [0.2, 0.25) is 0 Å². The minimum Gasteiger partial charge on any atom is -0.491 e. The largest absolute Gasteiger partial charge is 0.491 e. The minimum atomic E-state index is -1.07. The van der Waals surface area contributed by atoms with Crippen molar-refractivity contribution in [2.75, 3.05) is 46.9 Å². The van der Waals surface area contributed by atoms with Gasteiger partial charge in [-0.25, -0.2) is 4.39 Å². The Labute approximate surface area is 278 Å². The summed E-state index contributed by atoms with van der Waals surface area (Å²) in [5, 5.41) is 7.73. The molecule has 0 aliphatic carbocycles. The van der Waals surface area contributed by atoms with Crippen molar-refractivity contribution in [3.8, 4) is 5.75 Å². The Hall–Kier alpha value is -5.04. The second kappa shape index (κ2) is 15.2. The molecule has 1 fully saturated rings. The summed E-state index contributed by atoms with van der Waals surface area (Å²) in [5.74, 6) is -2.72. The van der Waals surface area contributed by atoms with Gasteiger partial charge in [0, 0.05) is 46.2 Å². The number of ether oxygens (including phenoxy) is 1. The first-order valence-corrected chi connectivity index (χ1v) is 16.0. The lowest BCUT2D eigenvalue weighted by atomic mass is 10.0. The zero-order valence-corrected chi connectivity index (χ0v) is 27.1. The van der Waals surface area contributed by atoms with E-state index in [1.54, 1.807) is 4.90 Å². The molecular weight excluding hydrogens is 619 g/mol. The van der Waals surface area contributed by atoms with Gasteiger partial charge in [0.15, 0.2) is 0 Å². The Morgan fingerprint density at radius 1 is 1.02 bits per heavy atom. The lowest BCUT2D eigenvalue weighted by Gasteiger charge is -2.28. The maximum absolute atomic E-state index is 14.5. The Kier molecular flexibility index (Phi) is 10.9. The fraction of sp³-hybridized carbons (Fsp3) is 0.400. The lowest BCUT2D eigenvalue weighted by Crippen LogP contribution is -2.49. The van der Waals surface area contributed by atoms with Gasteiger partial charge in [0.05, 0.1) is 24.6 Å². The number of hydrogen-bond donors (Lipinski definition) is 3. The molecule has 12 nitrogen and oxygen atoms in total. The summed E-state index contributed by atoms with van der Waals surface area (Å²) >= 11 is 0. The molecule has 1 saturated heterocycles. The fourth-order valence-electron chi connectivity index (χ4n) is 6.34. The van der Waals surface area contributed by atoms with Crippen LogP contribution in [-0.4, -0.2) is 109 Å². The van der Waals surface area contributed by atoms with Gasteiger partial charge in [-0.1, -0.05) is 42.5 Å². The highest BCUT2D eigenvalue weighted by atomic mass is 19.1. The molecule has 0 unspecified atom stereocenters. The molecule has 3 atom stereocenters. The molecule has 0 bridgehead atoms. The number of nitrogens with two attached hydrogens (primary N) is 1. The van der Waals surface area contributed by atoms with Gasteiger partial charge in [0.1, 0.15) is 24.2 Å². The molecular formula is C35H41FN6O6. The van der Waals surface area contributed by atoms with Crippen molar-refractivity contribution in [2.45, 2.75) is 43.8 Å². The maximum atomic E-state index is 14.5. The second-order valence-corrected chi connectivity index (χ2v) is 12.3. The predicted molar refractivity (Wildman–Crippen MR) is 176 cm³/mol. The smallest absolute Gasteiger partial charge is 0.258 e. The predicted octanol–water partition coefficient (Wildman–Crippen LogP) is 1.45. The van der Waals surface area contributed by atoms with Crippen LogP contribution in [0.1, 0.15) is 35.2 Å². The molecule has 2 aliphatic heterocycles. The van der Waals surface area contributed by atoms with E-state index in [0.29, 0.717) is 6.42 Å². The first kappa shape index (κ1) is 34.3. The lowest BCUT2D eigenvalue weighted by molar-refractivity contribution is -0.140. The maximum Gasteiger partial charge on any atom is 0.258 e. The van der Waals surface area contributed by atoms with Crippen molar-refractivity contribution >= 4 is 40.3 Å². The number of nitrogens with zero attached hydrogens (tertiary/aromatic N) is 3. The molecule has 0 radical (unpaired) electrons. The third-order valence-corrected chi connectivity index (χ3v) is 8.90. The summed E-state index contributed by atoms with van der Waals surface area (Å²) in [5.41, 5.74) is 6.31. The standard InChI is InChI=1S/C35H41FN6O6/c1-40-20-33(45)42-19-25(39-31(43)16-23-8-5-7-22-6-3-4-9-27(22)23)18-26(42)21-48-30-12-10-24(36)17-28(30)35(47)41(2)29(11-13-32(40)44)34(46)38-15-14-37/h3-10,12,17,25-26,29H,11,13-16,18-21,37H2,1-2H3,(H,38,46)(H,39,43)/t25-,26-,29+/m0/s1. The van der Waals surface area contributed by atoms with Crippen LogP contribution in [0, 0.1) is 5.82 Å². The van der Waals surface area contributed by atoms with Crippen molar-refractivity contribution in [1.82, 2.24) is 25.3 Å². The van der Waals surface area contributed by atoms with Gasteiger partial charge >= 0.3 is 0 Å². The molecule has 0 aromatic heterocycles. The number of carbonyl (C=O) groups excluding carboxylic acids is 5. The van der Waals surface area contributed by atoms with E-state index in [2.05, 4.69) is 10.6 Å². The van der Waals surface area contributed by atoms with Crippen LogP contribution in [-0.2, 0) is 25.6 Å². The number of fused-ring (bicyclic) bond motifs is 3. The van der Waals surface area contributed by atoms with Crippen LogP contribution in [0.25, 0.3) is 10.8 Å². The summed E-state index contributed by atoms with van der Waals surface area (Å²) < 4.78 is 20.6. The first-order chi connectivity index (χ1) is 23.0. The Balaban J connectivity index is 1.38. The monoisotopic (exact) mass is 660 g/mol. The average Bonchev–Trinajstić information content (AvgIpc) is 3.48. The highest BCUT2D eigenvalue weighted by Gasteiger charge is 2.38. The summed E-state index contributed by atoms with van der Waals surface area (Å²) in [6.07, 6.45) is 0.339. The van der Waals surface area contributed by atoms with Crippen LogP contribution < -0.4 is 21.1 Å². The third kappa shape index (κ3) is 7.91. The summed E-state index contributed by atoms with van der Waals surface area (Å²) in [4.78, 5) is 70.8. The van der Waals surface area contributed by atoms with E-state index < -0.39 is 41.7 Å². The van der Waals surface area contributed by atoms with E-state index in [1.165, 1.54) is 25.1 Å². The number of hydrogen-bond acceptors (Lipinski definition) is 7. The van der Waals surface area contributed by atoms with Gasteiger partial charge in [-0.15, -0.1) is 0 Å². The van der Waals surface area contributed by atoms with E-state index in [4.69, 9.17) is 10.5 Å². The van der Waals surface area contributed by atoms with Gasteiger partial charge in [-0.05, 0) is 47.4 Å². The molecule has 0 spiro atoms. The number of halogens is 1. The fourth-order valence-corrected chi connectivity index (χ4v) is 6.34. The summed E-state index contributed by atoms with van der Waals surface area (Å²) in [7, 11) is 2.91. The molecule has 0 saturated carbocycles. The van der Waals surface area contributed by atoms with Gasteiger partial charge in [0.2, 0.25) is 23.6 Å². The molecule has 48 heavy (non-hydrogen) atoms. The van der Waals surface area contributed by atoms with Crippen molar-refractivity contribution < 1.29 is 33.1 Å². The Morgan fingerprint density at radius 2 is 1.79 bits per heavy atom.